The second kappa shape index (κ2) is 3.65. The van der Waals surface area contributed by atoms with E-state index in [1.54, 1.807) is 6.07 Å². The highest BCUT2D eigenvalue weighted by molar-refractivity contribution is 5.87. The van der Waals surface area contributed by atoms with Crippen molar-refractivity contribution in [3.8, 4) is 0 Å². The molecule has 0 aliphatic rings. The molecule has 0 bridgehead atoms. The Morgan fingerprint density at radius 1 is 1.43 bits per heavy atom. The fraction of sp³-hybridized carbons (Fsp3) is 0.400. The van der Waals surface area contributed by atoms with E-state index in [1.165, 1.54) is 13.1 Å². The Morgan fingerprint density at radius 3 is 2.43 bits per heavy atom. The fourth-order valence-corrected chi connectivity index (χ4v) is 1.39. The molecule has 0 saturated heterocycles. The number of pyridine rings is 1. The molecular formula is C10H13NO3. The van der Waals surface area contributed by atoms with Crippen LogP contribution in [0.3, 0.4) is 0 Å². The van der Waals surface area contributed by atoms with E-state index in [9.17, 15) is 9.59 Å². The van der Waals surface area contributed by atoms with E-state index in [4.69, 9.17) is 5.11 Å². The molecule has 0 aliphatic carbocycles. The van der Waals surface area contributed by atoms with Gasteiger partial charge in [-0.05, 0) is 11.5 Å². The molecule has 4 heteroatoms. The molecule has 0 radical (unpaired) electrons. The van der Waals surface area contributed by atoms with Crippen LogP contribution in [0.15, 0.2) is 16.9 Å². The van der Waals surface area contributed by atoms with Crippen molar-refractivity contribution in [2.75, 3.05) is 0 Å². The summed E-state index contributed by atoms with van der Waals surface area (Å²) >= 11 is 0. The lowest BCUT2D eigenvalue weighted by Gasteiger charge is -2.12. The molecule has 14 heavy (non-hydrogen) atoms. The molecule has 76 valence electrons. The maximum Gasteiger partial charge on any atom is 0.352 e. The van der Waals surface area contributed by atoms with Crippen molar-refractivity contribution in [3.05, 3.63) is 33.7 Å². The lowest BCUT2D eigenvalue weighted by Crippen LogP contribution is -2.24. The topological polar surface area (TPSA) is 59.3 Å². The van der Waals surface area contributed by atoms with Gasteiger partial charge in [0.25, 0.3) is 5.56 Å². The molecule has 0 aliphatic heterocycles. The second-order valence-corrected chi connectivity index (χ2v) is 3.49. The van der Waals surface area contributed by atoms with Crippen LogP contribution in [-0.4, -0.2) is 15.6 Å². The summed E-state index contributed by atoms with van der Waals surface area (Å²) in [6.45, 7) is 3.79. The van der Waals surface area contributed by atoms with Crippen molar-refractivity contribution in [3.63, 3.8) is 0 Å². The second-order valence-electron chi connectivity index (χ2n) is 3.49. The van der Waals surface area contributed by atoms with Crippen LogP contribution in [0.2, 0.25) is 0 Å². The Labute approximate surface area is 81.8 Å². The number of aromatic carboxylic acids is 1. The molecule has 0 amide bonds. The number of carboxylic acids is 1. The highest BCUT2D eigenvalue weighted by Crippen LogP contribution is 2.17. The van der Waals surface area contributed by atoms with Crippen molar-refractivity contribution < 1.29 is 9.90 Å². The Morgan fingerprint density at radius 2 is 2.00 bits per heavy atom. The van der Waals surface area contributed by atoms with Crippen LogP contribution >= 0.6 is 0 Å². The first-order chi connectivity index (χ1) is 6.45. The summed E-state index contributed by atoms with van der Waals surface area (Å²) in [7, 11) is 1.47. The smallest absolute Gasteiger partial charge is 0.352 e. The normalized spacial score (nSPS) is 10.6. The molecule has 1 aromatic rings. The number of hydrogen-bond donors (Lipinski definition) is 1. The highest BCUT2D eigenvalue weighted by Gasteiger charge is 2.16. The lowest BCUT2D eigenvalue weighted by molar-refractivity contribution is 0.0683. The maximum absolute atomic E-state index is 11.2. The minimum atomic E-state index is -1.06. The molecule has 1 N–H and O–H groups in total. The van der Waals surface area contributed by atoms with Crippen LogP contribution < -0.4 is 5.56 Å². The van der Waals surface area contributed by atoms with Crippen LogP contribution in [-0.2, 0) is 7.05 Å². The van der Waals surface area contributed by atoms with E-state index < -0.39 is 5.97 Å². The summed E-state index contributed by atoms with van der Waals surface area (Å²) < 4.78 is 1.16. The van der Waals surface area contributed by atoms with Gasteiger partial charge in [-0.1, -0.05) is 19.9 Å². The van der Waals surface area contributed by atoms with Gasteiger partial charge >= 0.3 is 5.97 Å². The molecule has 0 unspecified atom stereocenters. The van der Waals surface area contributed by atoms with Crippen molar-refractivity contribution in [1.29, 1.82) is 0 Å². The lowest BCUT2D eigenvalue weighted by atomic mass is 10.0. The molecule has 0 saturated carbocycles. The van der Waals surface area contributed by atoms with E-state index >= 15 is 0 Å². The zero-order chi connectivity index (χ0) is 10.9. The van der Waals surface area contributed by atoms with Gasteiger partial charge in [-0.2, -0.15) is 0 Å². The minimum absolute atomic E-state index is 0.0764. The van der Waals surface area contributed by atoms with Crippen LogP contribution in [0, 0.1) is 0 Å². The third kappa shape index (κ3) is 1.69. The zero-order valence-corrected chi connectivity index (χ0v) is 8.44. The molecule has 1 aromatic heterocycles. The van der Waals surface area contributed by atoms with Gasteiger partial charge in [-0.3, -0.25) is 4.79 Å². The SMILES string of the molecule is CC(C)c1ccc(=O)n(C)c1C(=O)O. The van der Waals surface area contributed by atoms with E-state index in [2.05, 4.69) is 0 Å². The summed E-state index contributed by atoms with van der Waals surface area (Å²) in [6, 6.07) is 2.97. The molecular weight excluding hydrogens is 182 g/mol. The van der Waals surface area contributed by atoms with Crippen molar-refractivity contribution in [1.82, 2.24) is 4.57 Å². The largest absolute Gasteiger partial charge is 0.477 e. The molecule has 1 heterocycles. The van der Waals surface area contributed by atoms with E-state index in [1.807, 2.05) is 13.8 Å². The monoisotopic (exact) mass is 195 g/mol. The summed E-state index contributed by atoms with van der Waals surface area (Å²) in [5.41, 5.74) is 0.457. The number of rotatable bonds is 2. The van der Waals surface area contributed by atoms with Crippen LogP contribution in [0.25, 0.3) is 0 Å². The first-order valence-electron chi connectivity index (χ1n) is 4.38. The molecule has 4 nitrogen and oxygen atoms in total. The minimum Gasteiger partial charge on any atom is -0.477 e. The number of aromatic nitrogens is 1. The molecule has 1 rings (SSSR count). The van der Waals surface area contributed by atoms with Gasteiger partial charge in [0.2, 0.25) is 0 Å². The first-order valence-corrected chi connectivity index (χ1v) is 4.38. The fourth-order valence-electron chi connectivity index (χ4n) is 1.39. The summed E-state index contributed by atoms with van der Waals surface area (Å²) in [5.74, 6) is -0.971. The van der Waals surface area contributed by atoms with Gasteiger partial charge in [0.15, 0.2) is 0 Å². The van der Waals surface area contributed by atoms with E-state index in [-0.39, 0.29) is 17.2 Å². The molecule has 0 atom stereocenters. The number of carboxylic acid groups (broad SMARTS) is 1. The average molecular weight is 195 g/mol. The Hall–Kier alpha value is -1.58. The van der Waals surface area contributed by atoms with Crippen LogP contribution in [0.4, 0.5) is 0 Å². The third-order valence-corrected chi connectivity index (χ3v) is 2.17. The Bertz CT molecular complexity index is 418. The van der Waals surface area contributed by atoms with Gasteiger partial charge < -0.3 is 9.67 Å². The van der Waals surface area contributed by atoms with Crippen molar-refractivity contribution in [2.45, 2.75) is 19.8 Å². The van der Waals surface area contributed by atoms with Crippen LogP contribution in [0.1, 0.15) is 35.8 Å². The van der Waals surface area contributed by atoms with E-state index in [0.29, 0.717) is 5.56 Å². The average Bonchev–Trinajstić information content (AvgIpc) is 2.08. The molecule has 0 aromatic carbocycles. The number of nitrogens with zero attached hydrogens (tertiary/aromatic N) is 1. The highest BCUT2D eigenvalue weighted by atomic mass is 16.4. The van der Waals surface area contributed by atoms with Gasteiger partial charge in [-0.15, -0.1) is 0 Å². The first kappa shape index (κ1) is 10.5. The van der Waals surface area contributed by atoms with Crippen LogP contribution in [0.5, 0.6) is 0 Å². The van der Waals surface area contributed by atoms with Crippen molar-refractivity contribution in [2.24, 2.45) is 7.05 Å². The van der Waals surface area contributed by atoms with E-state index in [0.717, 1.165) is 4.57 Å². The van der Waals surface area contributed by atoms with Gasteiger partial charge in [0.1, 0.15) is 5.69 Å². The molecule has 0 fully saturated rings. The van der Waals surface area contributed by atoms with Crippen molar-refractivity contribution >= 4 is 5.97 Å². The predicted molar refractivity (Wildman–Crippen MR) is 52.7 cm³/mol. The number of hydrogen-bond acceptors (Lipinski definition) is 2. The zero-order valence-electron chi connectivity index (χ0n) is 8.44. The third-order valence-electron chi connectivity index (χ3n) is 2.17. The van der Waals surface area contributed by atoms with Gasteiger partial charge in [0, 0.05) is 13.1 Å². The Kier molecular flexibility index (Phi) is 2.74. The Balaban J connectivity index is 3.54. The van der Waals surface area contributed by atoms with Gasteiger partial charge in [0.05, 0.1) is 0 Å². The number of carbonyl (C=O) groups is 1. The molecule has 0 spiro atoms. The van der Waals surface area contributed by atoms with Gasteiger partial charge in [-0.25, -0.2) is 4.79 Å². The summed E-state index contributed by atoms with van der Waals surface area (Å²) in [4.78, 5) is 22.2. The predicted octanol–water partition coefficient (Wildman–Crippen LogP) is 1.21. The summed E-state index contributed by atoms with van der Waals surface area (Å²) in [6.07, 6.45) is 0. The maximum atomic E-state index is 11.2. The summed E-state index contributed by atoms with van der Waals surface area (Å²) in [5, 5.41) is 8.96. The standard InChI is InChI=1S/C10H13NO3/c1-6(2)7-4-5-8(12)11(3)9(7)10(13)14/h4-6H,1-3H3,(H,13,14). The quantitative estimate of drug-likeness (QED) is 0.771.